The fraction of sp³-hybridized carbons (Fsp3) is 0.222. The molecule has 1 aromatic heterocycles. The van der Waals surface area contributed by atoms with Crippen LogP contribution in [0.15, 0.2) is 40.8 Å². The molecule has 2 aromatic rings. The van der Waals surface area contributed by atoms with Crippen molar-refractivity contribution in [2.24, 2.45) is 11.7 Å². The summed E-state index contributed by atoms with van der Waals surface area (Å²) in [5.74, 6) is -4.38. The van der Waals surface area contributed by atoms with E-state index < -0.39 is 30.0 Å². The van der Waals surface area contributed by atoms with Gasteiger partial charge in [0.05, 0.1) is 5.92 Å². The van der Waals surface area contributed by atoms with Crippen molar-refractivity contribution in [1.29, 1.82) is 5.41 Å². The molecule has 1 atom stereocenters. The number of halogens is 3. The summed E-state index contributed by atoms with van der Waals surface area (Å²) in [4.78, 5) is 31.7. The molecule has 0 radical (unpaired) electrons. The van der Waals surface area contributed by atoms with Crippen LogP contribution in [0.1, 0.15) is 28.8 Å². The summed E-state index contributed by atoms with van der Waals surface area (Å²) in [5.41, 5.74) is 5.86. The lowest BCUT2D eigenvalue weighted by molar-refractivity contribution is -0.192. The van der Waals surface area contributed by atoms with Crippen LogP contribution in [0.5, 0.6) is 5.75 Å². The molecular formula is C18H17F3N2O7. The highest BCUT2D eigenvalue weighted by molar-refractivity contribution is 5.95. The molecule has 0 fully saturated rings. The normalized spacial score (nSPS) is 11.6. The molecule has 0 unspecified atom stereocenters. The second-order valence-electron chi connectivity index (χ2n) is 5.84. The minimum Gasteiger partial charge on any atom is -0.481 e. The van der Waals surface area contributed by atoms with Crippen molar-refractivity contribution in [2.45, 2.75) is 19.5 Å². The molecule has 2 rings (SSSR count). The number of carboxylic acid groups (broad SMARTS) is 2. The van der Waals surface area contributed by atoms with E-state index in [1.807, 2.05) is 0 Å². The van der Waals surface area contributed by atoms with E-state index in [1.165, 1.54) is 18.2 Å². The molecule has 5 N–H and O–H groups in total. The number of hydrogen-bond acceptors (Lipinski definition) is 6. The molecule has 162 valence electrons. The van der Waals surface area contributed by atoms with Crippen molar-refractivity contribution < 1.29 is 46.9 Å². The molecule has 0 bridgehead atoms. The van der Waals surface area contributed by atoms with Gasteiger partial charge in [-0.05, 0) is 36.4 Å². The Bertz CT molecular complexity index is 921. The maximum atomic E-state index is 12.0. The first kappa shape index (κ1) is 24.2. The number of furan rings is 1. The molecule has 0 aliphatic rings. The van der Waals surface area contributed by atoms with Crippen LogP contribution in [0.4, 0.5) is 13.2 Å². The van der Waals surface area contributed by atoms with Gasteiger partial charge in [0.2, 0.25) is 5.76 Å². The number of rotatable bonds is 6. The molecule has 12 heteroatoms. The zero-order chi connectivity index (χ0) is 23.1. The molecule has 0 spiro atoms. The summed E-state index contributed by atoms with van der Waals surface area (Å²) in [6, 6.07) is 9.15. The van der Waals surface area contributed by atoms with Crippen LogP contribution in [-0.2, 0) is 16.0 Å². The number of carbonyl (C=O) groups is 3. The van der Waals surface area contributed by atoms with E-state index in [1.54, 1.807) is 25.1 Å². The van der Waals surface area contributed by atoms with Crippen molar-refractivity contribution in [2.75, 3.05) is 0 Å². The van der Waals surface area contributed by atoms with E-state index in [4.69, 9.17) is 35.3 Å². The summed E-state index contributed by atoms with van der Waals surface area (Å²) >= 11 is 0. The highest BCUT2D eigenvalue weighted by Gasteiger charge is 2.38. The van der Waals surface area contributed by atoms with Gasteiger partial charge in [0, 0.05) is 12.0 Å². The number of esters is 1. The first-order valence-electron chi connectivity index (χ1n) is 8.09. The van der Waals surface area contributed by atoms with Crippen molar-refractivity contribution in [3.63, 3.8) is 0 Å². The maximum absolute atomic E-state index is 12.0. The predicted molar refractivity (Wildman–Crippen MR) is 95.3 cm³/mol. The highest BCUT2D eigenvalue weighted by Crippen LogP contribution is 2.17. The third kappa shape index (κ3) is 7.66. The van der Waals surface area contributed by atoms with Gasteiger partial charge < -0.3 is 25.1 Å². The average Bonchev–Trinajstić information content (AvgIpc) is 3.10. The van der Waals surface area contributed by atoms with E-state index in [9.17, 15) is 22.8 Å². The third-order valence-corrected chi connectivity index (χ3v) is 3.41. The van der Waals surface area contributed by atoms with Crippen LogP contribution in [-0.4, -0.2) is 40.1 Å². The number of hydrogen-bond donors (Lipinski definition) is 4. The Morgan fingerprint density at radius 1 is 1.13 bits per heavy atom. The lowest BCUT2D eigenvalue weighted by atomic mass is 10.1. The number of aliphatic carboxylic acids is 2. The summed E-state index contributed by atoms with van der Waals surface area (Å²) in [7, 11) is 0. The number of amidine groups is 1. The van der Waals surface area contributed by atoms with Gasteiger partial charge in [-0.15, -0.1) is 0 Å². The van der Waals surface area contributed by atoms with Gasteiger partial charge in [-0.3, -0.25) is 10.2 Å². The van der Waals surface area contributed by atoms with Crippen LogP contribution in [0.2, 0.25) is 0 Å². The Morgan fingerprint density at radius 3 is 2.10 bits per heavy atom. The molecule has 30 heavy (non-hydrogen) atoms. The number of nitrogens with one attached hydrogen (secondary N) is 1. The third-order valence-electron chi connectivity index (χ3n) is 3.41. The Balaban J connectivity index is 0.000000553. The number of benzene rings is 1. The van der Waals surface area contributed by atoms with Gasteiger partial charge in [0.25, 0.3) is 0 Å². The molecule has 9 nitrogen and oxygen atoms in total. The quantitative estimate of drug-likeness (QED) is 0.235. The number of carbonyl (C=O) groups excluding carboxylic acids is 1. The standard InChI is InChI=1S/C16H16N2O5.C2HF3O2/c1-9(15(19)20)8-12-6-7-13(22-12)16(21)23-11-4-2-10(3-5-11)14(17)18;3-2(4,5)1(6)7/h2-7,9H,8H2,1H3,(H3,17,18)(H,19,20);(H,6,7)/t9-;/m1./s1. The van der Waals surface area contributed by atoms with E-state index in [0.29, 0.717) is 11.3 Å². The maximum Gasteiger partial charge on any atom is 0.490 e. The van der Waals surface area contributed by atoms with Crippen LogP contribution in [0.3, 0.4) is 0 Å². The largest absolute Gasteiger partial charge is 0.490 e. The molecular weight excluding hydrogens is 413 g/mol. The second kappa shape index (κ2) is 10.1. The monoisotopic (exact) mass is 430 g/mol. The topological polar surface area (TPSA) is 164 Å². The van der Waals surface area contributed by atoms with Gasteiger partial charge in [0.15, 0.2) is 0 Å². The van der Waals surface area contributed by atoms with Gasteiger partial charge in [-0.1, -0.05) is 6.92 Å². The number of carboxylic acids is 2. The van der Waals surface area contributed by atoms with E-state index >= 15 is 0 Å². The Labute approximate surface area is 167 Å². The van der Waals surface area contributed by atoms with Crippen molar-refractivity contribution in [3.8, 4) is 5.75 Å². The SMILES string of the molecule is C[C@H](Cc1ccc(C(=O)Oc2ccc(C(=N)N)cc2)o1)C(=O)O.O=C(O)C(F)(F)F. The van der Waals surface area contributed by atoms with Crippen molar-refractivity contribution >= 4 is 23.7 Å². The number of alkyl halides is 3. The molecule has 1 aromatic carbocycles. The van der Waals surface area contributed by atoms with Crippen molar-refractivity contribution in [1.82, 2.24) is 0 Å². The zero-order valence-electron chi connectivity index (χ0n) is 15.4. The number of ether oxygens (including phenoxy) is 1. The van der Waals surface area contributed by atoms with Crippen molar-refractivity contribution in [3.05, 3.63) is 53.5 Å². The molecule has 1 heterocycles. The first-order valence-corrected chi connectivity index (χ1v) is 8.09. The Kier molecular flexibility index (Phi) is 8.14. The van der Waals surface area contributed by atoms with E-state index in [-0.39, 0.29) is 23.8 Å². The lowest BCUT2D eigenvalue weighted by Gasteiger charge is -2.04. The highest BCUT2D eigenvalue weighted by atomic mass is 19.4. The minimum absolute atomic E-state index is 0.00627. The molecule has 0 saturated heterocycles. The Morgan fingerprint density at radius 2 is 1.67 bits per heavy atom. The molecule has 0 saturated carbocycles. The molecule has 0 aliphatic carbocycles. The number of nitrogens with two attached hydrogens (primary N) is 1. The smallest absolute Gasteiger partial charge is 0.481 e. The lowest BCUT2D eigenvalue weighted by Crippen LogP contribution is -2.21. The summed E-state index contributed by atoms with van der Waals surface area (Å²) < 4.78 is 42.2. The van der Waals surface area contributed by atoms with Gasteiger partial charge >= 0.3 is 24.1 Å². The average molecular weight is 430 g/mol. The van der Waals surface area contributed by atoms with Gasteiger partial charge in [-0.2, -0.15) is 13.2 Å². The van der Waals surface area contributed by atoms with Crippen LogP contribution < -0.4 is 10.5 Å². The van der Waals surface area contributed by atoms with Gasteiger partial charge in [-0.25, -0.2) is 9.59 Å². The van der Waals surface area contributed by atoms with Crippen LogP contribution in [0, 0.1) is 11.3 Å². The van der Waals surface area contributed by atoms with E-state index in [2.05, 4.69) is 0 Å². The summed E-state index contributed by atoms with van der Waals surface area (Å²) in [5, 5.41) is 23.3. The second-order valence-corrected chi connectivity index (χ2v) is 5.84. The predicted octanol–water partition coefficient (Wildman–Crippen LogP) is 2.68. The fourth-order valence-electron chi connectivity index (χ4n) is 1.85. The van der Waals surface area contributed by atoms with Crippen LogP contribution >= 0.6 is 0 Å². The summed E-state index contributed by atoms with van der Waals surface area (Å²) in [6.45, 7) is 1.55. The fourth-order valence-corrected chi connectivity index (χ4v) is 1.85. The van der Waals surface area contributed by atoms with E-state index in [0.717, 1.165) is 0 Å². The van der Waals surface area contributed by atoms with Crippen LogP contribution in [0.25, 0.3) is 0 Å². The molecule has 0 amide bonds. The summed E-state index contributed by atoms with van der Waals surface area (Å²) in [6.07, 6.45) is -4.89. The first-order chi connectivity index (χ1) is 13.8. The Hall–Kier alpha value is -3.83. The minimum atomic E-state index is -5.08. The number of nitrogen functional groups attached to an aromatic ring is 1. The molecule has 0 aliphatic heterocycles. The zero-order valence-corrected chi connectivity index (χ0v) is 15.4. The van der Waals surface area contributed by atoms with Gasteiger partial charge in [0.1, 0.15) is 17.3 Å².